The second kappa shape index (κ2) is 6.22. The Morgan fingerprint density at radius 2 is 1.57 bits per heavy atom. The third-order valence-electron chi connectivity index (χ3n) is 3.58. The summed E-state index contributed by atoms with van der Waals surface area (Å²) in [4.78, 5) is 0. The van der Waals surface area contributed by atoms with Crippen LogP contribution in [-0.2, 0) is 0 Å². The van der Waals surface area contributed by atoms with Crippen molar-refractivity contribution in [3.05, 3.63) is 68.2 Å². The van der Waals surface area contributed by atoms with Gasteiger partial charge >= 0.3 is 0 Å². The summed E-state index contributed by atoms with van der Waals surface area (Å²) < 4.78 is 29.0. The highest BCUT2D eigenvalue weighted by atomic mass is 79.9. The third-order valence-corrected chi connectivity index (χ3v) is 4.83. The van der Waals surface area contributed by atoms with Crippen LogP contribution in [0.15, 0.2) is 28.7 Å². The molecule has 2 rings (SSSR count). The van der Waals surface area contributed by atoms with Crippen molar-refractivity contribution in [3.8, 4) is 0 Å². The van der Waals surface area contributed by atoms with E-state index in [9.17, 15) is 8.78 Å². The number of halogens is 3. The minimum Gasteiger partial charge on any atom is -0.271 e. The molecule has 1 unspecified atom stereocenters. The van der Waals surface area contributed by atoms with E-state index in [0.29, 0.717) is 0 Å². The second-order valence-electron chi connectivity index (χ2n) is 5.17. The van der Waals surface area contributed by atoms with E-state index in [4.69, 9.17) is 5.84 Å². The van der Waals surface area contributed by atoms with Crippen molar-refractivity contribution in [2.75, 3.05) is 0 Å². The molecular formula is C16H17BrF2N2. The highest BCUT2D eigenvalue weighted by Crippen LogP contribution is 2.30. The Morgan fingerprint density at radius 3 is 2.10 bits per heavy atom. The molecule has 0 aliphatic heterocycles. The Bertz CT molecular complexity index is 663. The molecule has 3 N–H and O–H groups in total. The molecule has 0 radical (unpaired) electrons. The van der Waals surface area contributed by atoms with E-state index in [1.807, 2.05) is 26.0 Å². The maximum atomic E-state index is 14.2. The number of rotatable bonds is 3. The quantitative estimate of drug-likeness (QED) is 0.640. The fourth-order valence-corrected chi connectivity index (χ4v) is 2.62. The van der Waals surface area contributed by atoms with Gasteiger partial charge in [-0.05, 0) is 43.0 Å². The molecule has 0 aromatic heterocycles. The van der Waals surface area contributed by atoms with Crippen molar-refractivity contribution in [3.63, 3.8) is 0 Å². The van der Waals surface area contributed by atoms with Gasteiger partial charge < -0.3 is 0 Å². The summed E-state index contributed by atoms with van der Waals surface area (Å²) in [6.45, 7) is 5.42. The Kier molecular flexibility index (Phi) is 4.76. The molecule has 0 bridgehead atoms. The molecule has 112 valence electrons. The molecule has 0 amide bonds. The van der Waals surface area contributed by atoms with Gasteiger partial charge in [-0.25, -0.2) is 14.2 Å². The van der Waals surface area contributed by atoms with Crippen LogP contribution in [0.4, 0.5) is 8.78 Å². The molecular weight excluding hydrogens is 338 g/mol. The number of hydrazine groups is 1. The first-order valence-corrected chi connectivity index (χ1v) is 7.33. The Hall–Kier alpha value is -1.30. The first kappa shape index (κ1) is 16.1. The van der Waals surface area contributed by atoms with Crippen molar-refractivity contribution in [1.82, 2.24) is 5.43 Å². The molecule has 0 heterocycles. The maximum Gasteiger partial charge on any atom is 0.164 e. The molecule has 21 heavy (non-hydrogen) atoms. The van der Waals surface area contributed by atoms with E-state index in [1.54, 1.807) is 12.1 Å². The molecule has 0 spiro atoms. The first-order chi connectivity index (χ1) is 9.86. The smallest absolute Gasteiger partial charge is 0.164 e. The number of benzene rings is 2. The lowest BCUT2D eigenvalue weighted by molar-refractivity contribution is 0.478. The minimum atomic E-state index is -0.865. The normalized spacial score (nSPS) is 12.5. The van der Waals surface area contributed by atoms with Crippen LogP contribution in [0.3, 0.4) is 0 Å². The predicted molar refractivity (Wildman–Crippen MR) is 83.9 cm³/mol. The van der Waals surface area contributed by atoms with Gasteiger partial charge in [0.25, 0.3) is 0 Å². The topological polar surface area (TPSA) is 38.0 Å². The molecule has 0 fully saturated rings. The summed E-state index contributed by atoms with van der Waals surface area (Å²) in [5, 5.41) is 0. The summed E-state index contributed by atoms with van der Waals surface area (Å²) >= 11 is 3.49. The molecule has 0 saturated heterocycles. The van der Waals surface area contributed by atoms with Crippen LogP contribution in [0.25, 0.3) is 0 Å². The number of hydrogen-bond donors (Lipinski definition) is 2. The second-order valence-corrected chi connectivity index (χ2v) is 5.96. The fraction of sp³-hybridized carbons (Fsp3) is 0.250. The van der Waals surface area contributed by atoms with Gasteiger partial charge in [-0.3, -0.25) is 5.84 Å². The number of hydrogen-bond acceptors (Lipinski definition) is 2. The van der Waals surface area contributed by atoms with Gasteiger partial charge in [-0.15, -0.1) is 0 Å². The zero-order valence-corrected chi connectivity index (χ0v) is 13.7. The molecule has 1 atom stereocenters. The molecule has 0 aliphatic carbocycles. The summed E-state index contributed by atoms with van der Waals surface area (Å²) in [6.07, 6.45) is 0. The van der Waals surface area contributed by atoms with Crippen molar-refractivity contribution >= 4 is 15.9 Å². The summed E-state index contributed by atoms with van der Waals surface area (Å²) in [5.41, 5.74) is 5.86. The fourth-order valence-electron chi connectivity index (χ4n) is 2.40. The summed E-state index contributed by atoms with van der Waals surface area (Å²) in [5.74, 6) is 3.88. The van der Waals surface area contributed by atoms with Crippen LogP contribution in [0, 0.1) is 32.4 Å². The van der Waals surface area contributed by atoms with Crippen LogP contribution in [0.1, 0.15) is 33.9 Å². The van der Waals surface area contributed by atoms with E-state index >= 15 is 0 Å². The molecule has 2 nitrogen and oxygen atoms in total. The maximum absolute atomic E-state index is 14.2. The molecule has 2 aromatic carbocycles. The van der Waals surface area contributed by atoms with Gasteiger partial charge in [0.05, 0.1) is 6.04 Å². The lowest BCUT2D eigenvalue weighted by atomic mass is 9.95. The van der Waals surface area contributed by atoms with E-state index in [0.717, 1.165) is 21.2 Å². The Balaban J connectivity index is 2.58. The van der Waals surface area contributed by atoms with Crippen molar-refractivity contribution in [2.45, 2.75) is 26.8 Å². The average Bonchev–Trinajstić information content (AvgIpc) is 2.45. The lowest BCUT2D eigenvalue weighted by Gasteiger charge is -2.20. The number of nitrogens with two attached hydrogens (primary N) is 1. The van der Waals surface area contributed by atoms with Crippen LogP contribution in [0.5, 0.6) is 0 Å². The highest BCUT2D eigenvalue weighted by Gasteiger charge is 2.21. The highest BCUT2D eigenvalue weighted by molar-refractivity contribution is 9.10. The monoisotopic (exact) mass is 354 g/mol. The van der Waals surface area contributed by atoms with E-state index in [2.05, 4.69) is 21.4 Å². The zero-order chi connectivity index (χ0) is 15.7. The van der Waals surface area contributed by atoms with Crippen LogP contribution < -0.4 is 11.3 Å². The molecule has 2 aromatic rings. The standard InChI is InChI=1S/C16H17BrF2N2/c1-8-4-5-12(15(19)14(8)18)16(21-20)11-6-9(2)13(17)10(3)7-11/h4-7,16,21H,20H2,1-3H3. The number of nitrogens with one attached hydrogen (secondary N) is 1. The largest absolute Gasteiger partial charge is 0.271 e. The van der Waals surface area contributed by atoms with Crippen LogP contribution in [0.2, 0.25) is 0 Å². The van der Waals surface area contributed by atoms with Crippen LogP contribution >= 0.6 is 15.9 Å². The van der Waals surface area contributed by atoms with Gasteiger partial charge in [0, 0.05) is 10.0 Å². The van der Waals surface area contributed by atoms with Gasteiger partial charge in [0.15, 0.2) is 11.6 Å². The van der Waals surface area contributed by atoms with Gasteiger partial charge in [0.1, 0.15) is 0 Å². The van der Waals surface area contributed by atoms with Gasteiger partial charge in [0.2, 0.25) is 0 Å². The van der Waals surface area contributed by atoms with E-state index < -0.39 is 17.7 Å². The zero-order valence-electron chi connectivity index (χ0n) is 12.1. The summed E-state index contributed by atoms with van der Waals surface area (Å²) in [6, 6.07) is 6.31. The third kappa shape index (κ3) is 3.00. The van der Waals surface area contributed by atoms with Crippen LogP contribution in [-0.4, -0.2) is 0 Å². The molecule has 5 heteroatoms. The average molecular weight is 355 g/mol. The Labute approximate surface area is 131 Å². The van der Waals surface area contributed by atoms with E-state index in [-0.39, 0.29) is 11.1 Å². The van der Waals surface area contributed by atoms with Gasteiger partial charge in [-0.2, -0.15) is 0 Å². The Morgan fingerprint density at radius 1 is 1.00 bits per heavy atom. The predicted octanol–water partition coefficient (Wildman–Crippen LogP) is 4.21. The molecule has 0 aliphatic rings. The first-order valence-electron chi connectivity index (χ1n) is 6.54. The SMILES string of the molecule is Cc1ccc(C(NN)c2cc(C)c(Br)c(C)c2)c(F)c1F. The van der Waals surface area contributed by atoms with Gasteiger partial charge in [-0.1, -0.05) is 40.2 Å². The minimum absolute atomic E-state index is 0.196. The van der Waals surface area contributed by atoms with E-state index in [1.165, 1.54) is 6.92 Å². The van der Waals surface area contributed by atoms with Crippen molar-refractivity contribution < 1.29 is 8.78 Å². The number of aryl methyl sites for hydroxylation is 3. The van der Waals surface area contributed by atoms with Crippen molar-refractivity contribution in [2.24, 2.45) is 5.84 Å². The summed E-state index contributed by atoms with van der Waals surface area (Å²) in [7, 11) is 0. The molecule has 0 saturated carbocycles. The lowest BCUT2D eigenvalue weighted by Crippen LogP contribution is -2.30. The van der Waals surface area contributed by atoms with Crippen molar-refractivity contribution in [1.29, 1.82) is 0 Å².